The highest BCUT2D eigenvalue weighted by atomic mass is 35.5. The molecule has 0 unspecified atom stereocenters. The molecule has 0 aliphatic carbocycles. The summed E-state index contributed by atoms with van der Waals surface area (Å²) in [5.74, 6) is 0. The zero-order valence-electron chi connectivity index (χ0n) is 5.71. The van der Waals surface area contributed by atoms with E-state index < -0.39 is 6.09 Å². The Kier molecular flexibility index (Phi) is 8.51. The molecule has 11 heavy (non-hydrogen) atoms. The van der Waals surface area contributed by atoms with Gasteiger partial charge in [0, 0.05) is 13.1 Å². The summed E-state index contributed by atoms with van der Waals surface area (Å²) in [5, 5.41) is 10.0. The number of amides is 1. The summed E-state index contributed by atoms with van der Waals surface area (Å²) in [6.45, 7) is -0.0287. The molecule has 0 aliphatic rings. The average molecular weight is 185 g/mol. The highest BCUT2D eigenvalue weighted by Crippen LogP contribution is 1.88. The Morgan fingerprint density at radius 1 is 1.73 bits per heavy atom. The summed E-state index contributed by atoms with van der Waals surface area (Å²) in [6.07, 6.45) is -0.886. The van der Waals surface area contributed by atoms with Crippen LogP contribution >= 0.6 is 12.4 Å². The quantitative estimate of drug-likeness (QED) is 0.598. The number of carbonyl (C=O) groups is 1. The van der Waals surface area contributed by atoms with E-state index in [4.69, 9.17) is 10.8 Å². The second kappa shape index (κ2) is 7.30. The molecule has 0 atom stereocenters. The summed E-state index contributed by atoms with van der Waals surface area (Å²) < 4.78 is 11.6. The molecule has 0 aromatic rings. The summed E-state index contributed by atoms with van der Waals surface area (Å²) >= 11 is 0. The van der Waals surface area contributed by atoms with Crippen LogP contribution in [0.2, 0.25) is 0 Å². The first-order chi connectivity index (χ1) is 4.70. The first kappa shape index (κ1) is 12.8. The maximum atomic E-state index is 11.6. The van der Waals surface area contributed by atoms with Crippen molar-refractivity contribution in [1.29, 1.82) is 0 Å². The Morgan fingerprint density at radius 2 is 2.27 bits per heavy atom. The van der Waals surface area contributed by atoms with Gasteiger partial charge in [0.1, 0.15) is 0 Å². The third kappa shape index (κ3) is 7.08. The largest absolute Gasteiger partial charge is 0.465 e. The van der Waals surface area contributed by atoms with Crippen molar-refractivity contribution in [2.24, 2.45) is 5.73 Å². The first-order valence-corrected chi connectivity index (χ1v) is 2.65. The lowest BCUT2D eigenvalue weighted by molar-refractivity contribution is 0.195. The molecular formula is C5H10ClFN2O2. The topological polar surface area (TPSA) is 75.3 Å². The predicted molar refractivity (Wildman–Crippen MR) is 41.5 cm³/mol. The molecule has 0 aromatic carbocycles. The summed E-state index contributed by atoms with van der Waals surface area (Å²) in [5.41, 5.74) is 5.25. The van der Waals surface area contributed by atoms with E-state index in [0.29, 0.717) is 6.33 Å². The zero-order chi connectivity index (χ0) is 7.98. The van der Waals surface area contributed by atoms with Crippen LogP contribution < -0.4 is 11.1 Å². The lowest BCUT2D eigenvalue weighted by Crippen LogP contribution is -2.25. The van der Waals surface area contributed by atoms with Crippen LogP contribution in [0.25, 0.3) is 0 Å². The monoisotopic (exact) mass is 184 g/mol. The molecule has 0 saturated heterocycles. The van der Waals surface area contributed by atoms with Crippen LogP contribution in [0.15, 0.2) is 11.9 Å². The van der Waals surface area contributed by atoms with Crippen LogP contribution in [0.1, 0.15) is 0 Å². The van der Waals surface area contributed by atoms with E-state index in [1.54, 1.807) is 0 Å². The first-order valence-electron chi connectivity index (χ1n) is 2.65. The highest BCUT2D eigenvalue weighted by Gasteiger charge is 1.96. The second-order valence-corrected chi connectivity index (χ2v) is 1.63. The van der Waals surface area contributed by atoms with Gasteiger partial charge in [-0.25, -0.2) is 9.18 Å². The van der Waals surface area contributed by atoms with E-state index in [-0.39, 0.29) is 31.1 Å². The molecule has 6 heteroatoms. The summed E-state index contributed by atoms with van der Waals surface area (Å²) in [6, 6.07) is 0. The van der Waals surface area contributed by atoms with Gasteiger partial charge >= 0.3 is 6.09 Å². The number of nitrogens with one attached hydrogen (secondary N) is 1. The third-order valence-electron chi connectivity index (χ3n) is 0.883. The summed E-state index contributed by atoms with van der Waals surface area (Å²) in [4.78, 5) is 9.83. The van der Waals surface area contributed by atoms with Crippen molar-refractivity contribution in [2.45, 2.75) is 0 Å². The van der Waals surface area contributed by atoms with Gasteiger partial charge in [0.15, 0.2) is 0 Å². The highest BCUT2D eigenvalue weighted by molar-refractivity contribution is 5.85. The van der Waals surface area contributed by atoms with Crippen molar-refractivity contribution in [3.05, 3.63) is 11.9 Å². The van der Waals surface area contributed by atoms with E-state index in [1.807, 2.05) is 5.32 Å². The van der Waals surface area contributed by atoms with Gasteiger partial charge in [0.2, 0.25) is 0 Å². The van der Waals surface area contributed by atoms with Gasteiger partial charge in [-0.2, -0.15) is 0 Å². The van der Waals surface area contributed by atoms with Gasteiger partial charge in [0.05, 0.1) is 6.33 Å². The fourth-order valence-corrected chi connectivity index (χ4v) is 0.344. The van der Waals surface area contributed by atoms with Gasteiger partial charge in [-0.15, -0.1) is 12.4 Å². The molecule has 0 aromatic heterocycles. The van der Waals surface area contributed by atoms with Crippen LogP contribution in [-0.4, -0.2) is 24.3 Å². The van der Waals surface area contributed by atoms with Crippen LogP contribution in [0.5, 0.6) is 0 Å². The minimum absolute atomic E-state index is 0. The Morgan fingerprint density at radius 3 is 2.55 bits per heavy atom. The number of hydrogen-bond acceptors (Lipinski definition) is 2. The Balaban J connectivity index is 0. The number of nitrogens with two attached hydrogens (primary N) is 1. The van der Waals surface area contributed by atoms with Crippen molar-refractivity contribution in [3.63, 3.8) is 0 Å². The number of carboxylic acid groups (broad SMARTS) is 1. The van der Waals surface area contributed by atoms with E-state index in [2.05, 4.69) is 0 Å². The molecule has 0 spiro atoms. The standard InChI is InChI=1S/C5H9FN2O2.ClH/c6-1-4(2-7)3-8-5(9)10;/h1,8H,2-3,7H2,(H,9,10);1H. The van der Waals surface area contributed by atoms with Crippen LogP contribution in [-0.2, 0) is 0 Å². The van der Waals surface area contributed by atoms with E-state index in [9.17, 15) is 9.18 Å². The molecule has 4 nitrogen and oxygen atoms in total. The second-order valence-electron chi connectivity index (χ2n) is 1.63. The molecule has 1 amide bonds. The molecule has 0 fully saturated rings. The third-order valence-corrected chi connectivity index (χ3v) is 0.883. The molecule has 66 valence electrons. The maximum Gasteiger partial charge on any atom is 0.404 e. The van der Waals surface area contributed by atoms with Crippen molar-refractivity contribution < 1.29 is 14.3 Å². The molecule has 0 heterocycles. The molecule has 0 radical (unpaired) electrons. The minimum Gasteiger partial charge on any atom is -0.465 e. The molecule has 4 N–H and O–H groups in total. The van der Waals surface area contributed by atoms with Crippen molar-refractivity contribution in [1.82, 2.24) is 5.32 Å². The van der Waals surface area contributed by atoms with Crippen LogP contribution in [0, 0.1) is 0 Å². The normalized spacial score (nSPS) is 10.2. The van der Waals surface area contributed by atoms with Crippen LogP contribution in [0.3, 0.4) is 0 Å². The molecule has 0 saturated carbocycles. The molecule has 0 aliphatic heterocycles. The Hall–Kier alpha value is -0.810. The number of halogens is 2. The smallest absolute Gasteiger partial charge is 0.404 e. The predicted octanol–water partition coefficient (Wildman–Crippen LogP) is 0.488. The zero-order valence-corrected chi connectivity index (χ0v) is 6.53. The van der Waals surface area contributed by atoms with Crippen molar-refractivity contribution in [3.8, 4) is 0 Å². The van der Waals surface area contributed by atoms with Crippen molar-refractivity contribution >= 4 is 18.5 Å². The average Bonchev–Trinajstić information content (AvgIpc) is 1.90. The van der Waals surface area contributed by atoms with E-state index >= 15 is 0 Å². The minimum atomic E-state index is -1.19. The van der Waals surface area contributed by atoms with E-state index in [1.165, 1.54) is 0 Å². The lowest BCUT2D eigenvalue weighted by atomic mass is 10.3. The fourth-order valence-electron chi connectivity index (χ4n) is 0.344. The van der Waals surface area contributed by atoms with Gasteiger partial charge in [-0.05, 0) is 5.57 Å². The van der Waals surface area contributed by atoms with Gasteiger partial charge in [0.25, 0.3) is 0 Å². The number of rotatable bonds is 3. The van der Waals surface area contributed by atoms with Crippen molar-refractivity contribution in [2.75, 3.05) is 13.1 Å². The van der Waals surface area contributed by atoms with E-state index in [0.717, 1.165) is 0 Å². The van der Waals surface area contributed by atoms with Gasteiger partial charge in [-0.3, -0.25) is 0 Å². The molecule has 0 bridgehead atoms. The maximum absolute atomic E-state index is 11.6. The van der Waals surface area contributed by atoms with Gasteiger partial charge in [-0.1, -0.05) is 0 Å². The lowest BCUT2D eigenvalue weighted by Gasteiger charge is -2.00. The fraction of sp³-hybridized carbons (Fsp3) is 0.400. The molecule has 0 rings (SSSR count). The Bertz CT molecular complexity index is 151. The van der Waals surface area contributed by atoms with Crippen LogP contribution in [0.4, 0.5) is 9.18 Å². The summed E-state index contributed by atoms with van der Waals surface area (Å²) in [7, 11) is 0. The molecular weight excluding hydrogens is 175 g/mol. The van der Waals surface area contributed by atoms with Gasteiger partial charge < -0.3 is 16.2 Å². The Labute approximate surface area is 69.7 Å². The number of hydrogen-bond donors (Lipinski definition) is 3. The SMILES string of the molecule is Cl.NCC(=CF)CNC(=O)O.